The summed E-state index contributed by atoms with van der Waals surface area (Å²) < 4.78 is 24.7. The van der Waals surface area contributed by atoms with E-state index >= 15 is 0 Å². The van der Waals surface area contributed by atoms with Crippen molar-refractivity contribution in [3.8, 4) is 0 Å². The number of carbonyl (C=O) groups excluding carboxylic acids is 2. The Morgan fingerprint density at radius 1 is 1.30 bits per heavy atom. The SMILES string of the molecule is CN(C1CCN(S(C)(=O)=O)CC1)C(C)(C)C(=O)NC(=O)C=C(N)C1(O)CC1. The number of hydrogen-bond donors (Lipinski definition) is 3. The molecule has 0 radical (unpaired) electrons. The summed E-state index contributed by atoms with van der Waals surface area (Å²) in [5.74, 6) is -1.14. The van der Waals surface area contributed by atoms with Crippen molar-refractivity contribution in [1.82, 2.24) is 14.5 Å². The van der Waals surface area contributed by atoms with Crippen LogP contribution in [0.25, 0.3) is 0 Å². The summed E-state index contributed by atoms with van der Waals surface area (Å²) in [6, 6.07) is 0.0200. The highest BCUT2D eigenvalue weighted by atomic mass is 32.2. The monoisotopic (exact) mass is 402 g/mol. The second-order valence-corrected chi connectivity index (χ2v) is 10.00. The van der Waals surface area contributed by atoms with Gasteiger partial charge in [-0.05, 0) is 46.6 Å². The molecule has 0 bridgehead atoms. The first-order valence-corrected chi connectivity index (χ1v) is 10.9. The zero-order valence-electron chi connectivity index (χ0n) is 16.4. The van der Waals surface area contributed by atoms with Gasteiger partial charge in [-0.3, -0.25) is 19.8 Å². The highest BCUT2D eigenvalue weighted by Crippen LogP contribution is 2.39. The zero-order valence-corrected chi connectivity index (χ0v) is 17.2. The Balaban J connectivity index is 1.96. The molecule has 27 heavy (non-hydrogen) atoms. The standard InChI is InChI=1S/C17H30N4O5S/c1-16(2,15(23)19-14(22)11-13(18)17(24)7-8-17)20(3)12-5-9-21(10-6-12)27(4,25)26/h11-12,24H,5-10,18H2,1-4H3,(H,19,22,23). The molecule has 0 aromatic rings. The molecular formula is C17H30N4O5S. The molecule has 2 rings (SSSR count). The molecular weight excluding hydrogens is 372 g/mol. The number of piperidine rings is 1. The van der Waals surface area contributed by atoms with Gasteiger partial charge in [0.15, 0.2) is 0 Å². The van der Waals surface area contributed by atoms with Gasteiger partial charge in [-0.1, -0.05) is 0 Å². The van der Waals surface area contributed by atoms with Crippen LogP contribution in [0.3, 0.4) is 0 Å². The Kier molecular flexibility index (Phi) is 6.05. The molecule has 1 aliphatic carbocycles. The van der Waals surface area contributed by atoms with Crippen molar-refractivity contribution in [3.63, 3.8) is 0 Å². The van der Waals surface area contributed by atoms with Crippen molar-refractivity contribution >= 4 is 21.8 Å². The molecule has 0 spiro atoms. The molecule has 2 aliphatic rings. The fourth-order valence-corrected chi connectivity index (χ4v) is 4.04. The van der Waals surface area contributed by atoms with Crippen LogP contribution in [0.15, 0.2) is 11.8 Å². The van der Waals surface area contributed by atoms with E-state index in [1.54, 1.807) is 20.9 Å². The maximum absolute atomic E-state index is 12.6. The number of imide groups is 1. The first-order chi connectivity index (χ1) is 12.3. The fraction of sp³-hybridized carbons (Fsp3) is 0.765. The average Bonchev–Trinajstić information content (AvgIpc) is 3.32. The first-order valence-electron chi connectivity index (χ1n) is 9.01. The summed E-state index contributed by atoms with van der Waals surface area (Å²) in [5, 5.41) is 12.2. The second-order valence-electron chi connectivity index (χ2n) is 8.01. The molecule has 10 heteroatoms. The summed E-state index contributed by atoms with van der Waals surface area (Å²) in [6.07, 6.45) is 4.49. The van der Waals surface area contributed by atoms with Crippen LogP contribution < -0.4 is 11.1 Å². The molecule has 154 valence electrons. The van der Waals surface area contributed by atoms with Crippen molar-refractivity contribution in [1.29, 1.82) is 0 Å². The van der Waals surface area contributed by atoms with E-state index in [-0.39, 0.29) is 11.7 Å². The molecule has 1 aliphatic heterocycles. The highest BCUT2D eigenvalue weighted by molar-refractivity contribution is 7.88. The molecule has 0 unspecified atom stereocenters. The Hall–Kier alpha value is -1.49. The smallest absolute Gasteiger partial charge is 0.252 e. The summed E-state index contributed by atoms with van der Waals surface area (Å²) >= 11 is 0. The minimum atomic E-state index is -3.21. The van der Waals surface area contributed by atoms with Crippen molar-refractivity contribution in [3.05, 3.63) is 11.8 Å². The molecule has 0 atom stereocenters. The topological polar surface area (TPSA) is 133 Å². The maximum Gasteiger partial charge on any atom is 0.252 e. The molecule has 0 aromatic heterocycles. The molecule has 1 saturated heterocycles. The molecule has 2 fully saturated rings. The maximum atomic E-state index is 12.6. The van der Waals surface area contributed by atoms with Gasteiger partial charge in [-0.2, -0.15) is 0 Å². The van der Waals surface area contributed by atoms with E-state index in [1.807, 2.05) is 4.90 Å². The molecule has 4 N–H and O–H groups in total. The van der Waals surface area contributed by atoms with Crippen molar-refractivity contribution in [2.75, 3.05) is 26.4 Å². The number of likely N-dealkylation sites (N-methyl/N-ethyl adjacent to an activating group) is 1. The van der Waals surface area contributed by atoms with E-state index in [2.05, 4.69) is 5.32 Å². The van der Waals surface area contributed by atoms with E-state index in [0.29, 0.717) is 38.8 Å². The van der Waals surface area contributed by atoms with E-state index in [0.717, 1.165) is 6.08 Å². The van der Waals surface area contributed by atoms with Crippen LogP contribution in [-0.2, 0) is 19.6 Å². The Bertz CT molecular complexity index is 734. The van der Waals surface area contributed by atoms with Crippen molar-refractivity contribution < 1.29 is 23.1 Å². The number of sulfonamides is 1. The summed E-state index contributed by atoms with van der Waals surface area (Å²) in [5.41, 5.74) is 3.67. The van der Waals surface area contributed by atoms with Gasteiger partial charge < -0.3 is 10.8 Å². The molecule has 0 aromatic carbocycles. The lowest BCUT2D eigenvalue weighted by Gasteiger charge is -2.43. The largest absolute Gasteiger partial charge is 0.400 e. The van der Waals surface area contributed by atoms with Gasteiger partial charge in [-0.25, -0.2) is 12.7 Å². The minimum absolute atomic E-state index is 0.0200. The number of nitrogens with two attached hydrogens (primary N) is 1. The van der Waals surface area contributed by atoms with E-state index in [4.69, 9.17) is 5.73 Å². The lowest BCUT2D eigenvalue weighted by atomic mass is 9.95. The van der Waals surface area contributed by atoms with Gasteiger partial charge in [-0.15, -0.1) is 0 Å². The first kappa shape index (κ1) is 21.8. The number of hydrogen-bond acceptors (Lipinski definition) is 7. The van der Waals surface area contributed by atoms with Gasteiger partial charge in [0.1, 0.15) is 5.60 Å². The number of nitrogens with zero attached hydrogens (tertiary/aromatic N) is 2. The number of rotatable bonds is 6. The van der Waals surface area contributed by atoms with Crippen molar-refractivity contribution in [2.24, 2.45) is 5.73 Å². The lowest BCUT2D eigenvalue weighted by molar-refractivity contribution is -0.136. The van der Waals surface area contributed by atoms with E-state index in [9.17, 15) is 23.1 Å². The molecule has 1 heterocycles. The predicted octanol–water partition coefficient (Wildman–Crippen LogP) is -0.869. The third kappa shape index (κ3) is 5.07. The number of carbonyl (C=O) groups is 2. The molecule has 2 amide bonds. The van der Waals surface area contributed by atoms with Crippen LogP contribution >= 0.6 is 0 Å². The van der Waals surface area contributed by atoms with E-state index in [1.165, 1.54) is 10.6 Å². The highest BCUT2D eigenvalue weighted by Gasteiger charge is 2.44. The van der Waals surface area contributed by atoms with Crippen LogP contribution in [0.2, 0.25) is 0 Å². The van der Waals surface area contributed by atoms with Crippen molar-refractivity contribution in [2.45, 2.75) is 56.7 Å². The minimum Gasteiger partial charge on any atom is -0.400 e. The summed E-state index contributed by atoms with van der Waals surface area (Å²) in [6.45, 7) is 4.23. The number of amides is 2. The Morgan fingerprint density at radius 3 is 2.26 bits per heavy atom. The quantitative estimate of drug-likeness (QED) is 0.492. The fourth-order valence-electron chi connectivity index (χ4n) is 3.16. The Labute approximate surface area is 160 Å². The van der Waals surface area contributed by atoms with Gasteiger partial charge in [0.25, 0.3) is 5.91 Å². The number of nitrogens with one attached hydrogen (secondary N) is 1. The van der Waals surface area contributed by atoms with E-state index < -0.39 is 33.0 Å². The molecule has 1 saturated carbocycles. The van der Waals surface area contributed by atoms with Gasteiger partial charge in [0.2, 0.25) is 15.9 Å². The summed E-state index contributed by atoms with van der Waals surface area (Å²) in [4.78, 5) is 26.5. The predicted molar refractivity (Wildman–Crippen MR) is 101 cm³/mol. The lowest BCUT2D eigenvalue weighted by Crippen LogP contribution is -2.59. The van der Waals surface area contributed by atoms with Crippen LogP contribution in [0.4, 0.5) is 0 Å². The van der Waals surface area contributed by atoms with Crippen LogP contribution in [0.1, 0.15) is 39.5 Å². The average molecular weight is 403 g/mol. The normalized spacial score (nSPS) is 21.9. The third-order valence-corrected chi connectivity index (χ3v) is 6.97. The van der Waals surface area contributed by atoms with Gasteiger partial charge >= 0.3 is 0 Å². The van der Waals surface area contributed by atoms with Crippen LogP contribution in [0, 0.1) is 0 Å². The van der Waals surface area contributed by atoms with Crippen LogP contribution in [-0.4, -0.2) is 78.1 Å². The zero-order chi connectivity index (χ0) is 20.6. The van der Waals surface area contributed by atoms with Crippen LogP contribution in [0.5, 0.6) is 0 Å². The Morgan fingerprint density at radius 2 is 1.81 bits per heavy atom. The third-order valence-electron chi connectivity index (χ3n) is 5.66. The van der Waals surface area contributed by atoms with Gasteiger partial charge in [0, 0.05) is 30.9 Å². The van der Waals surface area contributed by atoms with Gasteiger partial charge in [0.05, 0.1) is 11.8 Å². The number of aliphatic hydroxyl groups is 1. The molecule has 9 nitrogen and oxygen atoms in total. The second kappa shape index (κ2) is 7.50. The summed E-state index contributed by atoms with van der Waals surface area (Å²) in [7, 11) is -1.42.